The van der Waals surface area contributed by atoms with Crippen LogP contribution in [0.5, 0.6) is 0 Å². The van der Waals surface area contributed by atoms with Crippen LogP contribution < -0.4 is 10.7 Å². The lowest BCUT2D eigenvalue weighted by molar-refractivity contribution is 0.178. The molecular weight excluding hydrogens is 228 g/mol. The van der Waals surface area contributed by atoms with Crippen molar-refractivity contribution in [3.63, 3.8) is 0 Å². The highest BCUT2D eigenvalue weighted by atomic mass is 15.5. The third-order valence-corrected chi connectivity index (χ3v) is 3.07. The van der Waals surface area contributed by atoms with Gasteiger partial charge in [0.25, 0.3) is 0 Å². The molecule has 0 amide bonds. The van der Waals surface area contributed by atoms with E-state index in [1.165, 1.54) is 0 Å². The van der Waals surface area contributed by atoms with Crippen LogP contribution in [-0.4, -0.2) is 59.6 Å². The lowest BCUT2D eigenvalue weighted by Crippen LogP contribution is -2.47. The average Bonchev–Trinajstić information content (AvgIpc) is 2.36. The molecule has 2 heterocycles. The smallest absolute Gasteiger partial charge is 0.224 e. The Kier molecular flexibility index (Phi) is 4.33. The van der Waals surface area contributed by atoms with Gasteiger partial charge < -0.3 is 15.6 Å². The summed E-state index contributed by atoms with van der Waals surface area (Å²) in [6, 6.07) is 0. The minimum absolute atomic E-state index is 0.680. The van der Waals surface area contributed by atoms with E-state index < -0.39 is 0 Å². The molecule has 0 unspecified atom stereocenters. The van der Waals surface area contributed by atoms with Crippen molar-refractivity contribution >= 4 is 11.8 Å². The van der Waals surface area contributed by atoms with E-state index >= 15 is 0 Å². The minimum Gasteiger partial charge on any atom is -0.354 e. The molecule has 2 rings (SSSR count). The zero-order chi connectivity index (χ0) is 13.0. The molecule has 0 aromatic carbocycles. The van der Waals surface area contributed by atoms with Gasteiger partial charge in [-0.25, -0.2) is 9.99 Å². The summed E-state index contributed by atoms with van der Waals surface area (Å²) < 4.78 is 0. The van der Waals surface area contributed by atoms with Gasteiger partial charge in [0.1, 0.15) is 5.82 Å². The topological polar surface area (TPSA) is 56.3 Å². The summed E-state index contributed by atoms with van der Waals surface area (Å²) in [6.45, 7) is 9.07. The number of rotatable bonds is 4. The molecule has 1 aromatic rings. The highest BCUT2D eigenvalue weighted by Crippen LogP contribution is 2.14. The standard InChI is InChI=1S/C12H22N6/c1-4-13-12-14-9-10(2)11(15-12)16-18-7-5-17(3)6-8-18/h9H,4-8H2,1-3H3,(H2,13,14,15,16). The summed E-state index contributed by atoms with van der Waals surface area (Å²) in [7, 11) is 2.15. The van der Waals surface area contributed by atoms with Crippen LogP contribution in [0.4, 0.5) is 11.8 Å². The summed E-state index contributed by atoms with van der Waals surface area (Å²) >= 11 is 0. The number of likely N-dealkylation sites (N-methyl/N-ethyl adjacent to an activating group) is 1. The first-order valence-electron chi connectivity index (χ1n) is 6.46. The fourth-order valence-electron chi connectivity index (χ4n) is 1.87. The molecule has 6 nitrogen and oxygen atoms in total. The van der Waals surface area contributed by atoms with Crippen molar-refractivity contribution < 1.29 is 0 Å². The van der Waals surface area contributed by atoms with Gasteiger partial charge in [0.2, 0.25) is 5.95 Å². The summed E-state index contributed by atoms with van der Waals surface area (Å²) in [5.74, 6) is 1.57. The normalized spacial score (nSPS) is 17.7. The lowest BCUT2D eigenvalue weighted by atomic mass is 10.3. The Morgan fingerprint density at radius 2 is 2.00 bits per heavy atom. The molecule has 0 radical (unpaired) electrons. The lowest BCUT2D eigenvalue weighted by Gasteiger charge is -2.33. The molecule has 2 N–H and O–H groups in total. The summed E-state index contributed by atoms with van der Waals surface area (Å²) in [6.07, 6.45) is 1.85. The van der Waals surface area contributed by atoms with Crippen molar-refractivity contribution in [3.8, 4) is 0 Å². The number of anilines is 2. The number of aryl methyl sites for hydroxylation is 1. The Labute approximate surface area is 108 Å². The number of piperazine rings is 1. The number of hydrogen-bond acceptors (Lipinski definition) is 6. The Hall–Kier alpha value is -1.40. The van der Waals surface area contributed by atoms with Crippen LogP contribution in [0.2, 0.25) is 0 Å². The maximum Gasteiger partial charge on any atom is 0.224 e. The van der Waals surface area contributed by atoms with E-state index in [4.69, 9.17) is 0 Å². The van der Waals surface area contributed by atoms with Crippen molar-refractivity contribution in [1.82, 2.24) is 19.9 Å². The highest BCUT2D eigenvalue weighted by Gasteiger charge is 2.15. The molecule has 1 fully saturated rings. The van der Waals surface area contributed by atoms with E-state index in [0.717, 1.165) is 44.1 Å². The second kappa shape index (κ2) is 5.97. The number of nitrogens with one attached hydrogen (secondary N) is 2. The van der Waals surface area contributed by atoms with E-state index in [0.29, 0.717) is 5.95 Å². The zero-order valence-electron chi connectivity index (χ0n) is 11.4. The Morgan fingerprint density at radius 1 is 1.28 bits per heavy atom. The van der Waals surface area contributed by atoms with Crippen LogP contribution >= 0.6 is 0 Å². The molecule has 1 saturated heterocycles. The average molecular weight is 250 g/mol. The van der Waals surface area contributed by atoms with Gasteiger partial charge in [-0.15, -0.1) is 0 Å². The number of hydrogen-bond donors (Lipinski definition) is 2. The van der Waals surface area contributed by atoms with Crippen LogP contribution in [-0.2, 0) is 0 Å². The molecule has 0 aliphatic carbocycles. The van der Waals surface area contributed by atoms with Crippen LogP contribution in [0.25, 0.3) is 0 Å². The second-order valence-electron chi connectivity index (χ2n) is 4.66. The predicted molar refractivity (Wildman–Crippen MR) is 73.6 cm³/mol. The van der Waals surface area contributed by atoms with Gasteiger partial charge in [0.15, 0.2) is 0 Å². The number of nitrogens with zero attached hydrogens (tertiary/aromatic N) is 4. The Morgan fingerprint density at radius 3 is 2.67 bits per heavy atom. The van der Waals surface area contributed by atoms with Crippen LogP contribution in [0.3, 0.4) is 0 Å². The number of hydrazine groups is 1. The summed E-state index contributed by atoms with van der Waals surface area (Å²) in [5.41, 5.74) is 4.45. The van der Waals surface area contributed by atoms with Gasteiger partial charge in [0.05, 0.1) is 0 Å². The highest BCUT2D eigenvalue weighted by molar-refractivity contribution is 5.45. The van der Waals surface area contributed by atoms with Crippen molar-refractivity contribution in [1.29, 1.82) is 0 Å². The molecule has 0 atom stereocenters. The summed E-state index contributed by atoms with van der Waals surface area (Å²) in [4.78, 5) is 11.1. The first-order valence-corrected chi connectivity index (χ1v) is 6.46. The molecule has 0 saturated carbocycles. The maximum atomic E-state index is 4.49. The van der Waals surface area contributed by atoms with Gasteiger partial charge in [-0.3, -0.25) is 0 Å². The third kappa shape index (κ3) is 3.30. The first-order chi connectivity index (χ1) is 8.69. The molecule has 1 aliphatic heterocycles. The predicted octanol–water partition coefficient (Wildman–Crippen LogP) is 0.791. The molecule has 0 spiro atoms. The monoisotopic (exact) mass is 250 g/mol. The molecule has 1 aliphatic rings. The van der Waals surface area contributed by atoms with Crippen LogP contribution in [0.1, 0.15) is 12.5 Å². The van der Waals surface area contributed by atoms with Gasteiger partial charge in [0, 0.05) is 44.5 Å². The van der Waals surface area contributed by atoms with E-state index in [9.17, 15) is 0 Å². The van der Waals surface area contributed by atoms with Crippen molar-refractivity contribution in [2.45, 2.75) is 13.8 Å². The fraction of sp³-hybridized carbons (Fsp3) is 0.667. The third-order valence-electron chi connectivity index (χ3n) is 3.07. The van der Waals surface area contributed by atoms with Crippen molar-refractivity contribution in [3.05, 3.63) is 11.8 Å². The maximum absolute atomic E-state index is 4.49. The van der Waals surface area contributed by atoms with Crippen molar-refractivity contribution in [2.24, 2.45) is 0 Å². The largest absolute Gasteiger partial charge is 0.354 e. The number of aromatic nitrogens is 2. The van der Waals surface area contributed by atoms with Gasteiger partial charge >= 0.3 is 0 Å². The van der Waals surface area contributed by atoms with E-state index in [1.54, 1.807) is 0 Å². The van der Waals surface area contributed by atoms with Gasteiger partial charge in [-0.2, -0.15) is 4.98 Å². The summed E-state index contributed by atoms with van der Waals surface area (Å²) in [5, 5.41) is 5.34. The molecule has 1 aromatic heterocycles. The quantitative estimate of drug-likeness (QED) is 0.824. The molecule has 100 valence electrons. The van der Waals surface area contributed by atoms with Gasteiger partial charge in [-0.05, 0) is 20.9 Å². The Bertz CT molecular complexity index is 386. The van der Waals surface area contributed by atoms with E-state index in [1.807, 2.05) is 20.0 Å². The molecule has 6 heteroatoms. The molecule has 0 bridgehead atoms. The fourth-order valence-corrected chi connectivity index (χ4v) is 1.87. The molecule has 18 heavy (non-hydrogen) atoms. The first kappa shape index (κ1) is 13.0. The van der Waals surface area contributed by atoms with Crippen LogP contribution in [0, 0.1) is 6.92 Å². The Balaban J connectivity index is 2.01. The second-order valence-corrected chi connectivity index (χ2v) is 4.66. The van der Waals surface area contributed by atoms with E-state index in [2.05, 4.69) is 37.7 Å². The van der Waals surface area contributed by atoms with E-state index in [-0.39, 0.29) is 0 Å². The zero-order valence-corrected chi connectivity index (χ0v) is 11.4. The SMILES string of the molecule is CCNc1ncc(C)c(NN2CCN(C)CC2)n1. The van der Waals surface area contributed by atoms with Crippen LogP contribution in [0.15, 0.2) is 6.20 Å². The minimum atomic E-state index is 0.680. The van der Waals surface area contributed by atoms with Gasteiger partial charge in [-0.1, -0.05) is 0 Å². The van der Waals surface area contributed by atoms with Crippen molar-refractivity contribution in [2.75, 3.05) is 50.5 Å². The molecular formula is C12H22N6.